The molecule has 0 fully saturated rings. The average Bonchev–Trinajstić information content (AvgIpc) is 2.62. The highest BCUT2D eigenvalue weighted by atomic mass is 35.5. The molecule has 0 amide bonds. The molecule has 0 aliphatic rings. The fraction of sp³-hybridized carbons (Fsp3) is 0.0588. The molecular formula is C17H18ClN5O2S. The monoisotopic (exact) mass is 391 g/mol. The first-order valence-corrected chi connectivity index (χ1v) is 9.00. The Bertz CT molecular complexity index is 950. The molecule has 3 aromatic rings. The Labute approximate surface area is 158 Å². The zero-order chi connectivity index (χ0) is 17.7. The molecule has 0 unspecified atom stereocenters. The summed E-state index contributed by atoms with van der Waals surface area (Å²) in [5.74, 6) is 0.694. The van der Waals surface area contributed by atoms with Gasteiger partial charge in [0.1, 0.15) is 5.82 Å². The van der Waals surface area contributed by atoms with Crippen LogP contribution in [0.3, 0.4) is 0 Å². The molecule has 0 radical (unpaired) electrons. The first kappa shape index (κ1) is 19.6. The minimum atomic E-state index is -3.58. The number of hydrogen-bond acceptors (Lipinski definition) is 6. The number of nitrogens with zero attached hydrogens (tertiary/aromatic N) is 2. The smallest absolute Gasteiger partial charge is 0.240 e. The molecule has 0 saturated carbocycles. The Morgan fingerprint density at radius 2 is 1.65 bits per heavy atom. The van der Waals surface area contributed by atoms with Crippen LogP contribution in [0.2, 0.25) is 0 Å². The molecule has 4 N–H and O–H groups in total. The molecule has 0 spiro atoms. The number of nitrogens with two attached hydrogens (primary N) is 1. The van der Waals surface area contributed by atoms with Crippen molar-refractivity contribution in [3.05, 3.63) is 72.4 Å². The number of hydrogen-bond donors (Lipinski definition) is 3. The molecule has 0 saturated heterocycles. The van der Waals surface area contributed by atoms with Gasteiger partial charge in [-0.2, -0.15) is 4.98 Å². The van der Waals surface area contributed by atoms with Crippen molar-refractivity contribution in [1.82, 2.24) is 14.7 Å². The Kier molecular flexibility index (Phi) is 6.51. The van der Waals surface area contributed by atoms with E-state index in [1.165, 1.54) is 18.3 Å². The Hall–Kier alpha value is -2.68. The number of nitrogen functional groups attached to an aromatic ring is 1. The first-order valence-electron chi connectivity index (χ1n) is 7.52. The van der Waals surface area contributed by atoms with Crippen LogP contribution in [0.1, 0.15) is 5.56 Å². The van der Waals surface area contributed by atoms with Crippen molar-refractivity contribution in [3.63, 3.8) is 0 Å². The zero-order valence-corrected chi connectivity index (χ0v) is 15.3. The van der Waals surface area contributed by atoms with Gasteiger partial charge in [-0.3, -0.25) is 0 Å². The van der Waals surface area contributed by atoms with Crippen molar-refractivity contribution in [1.29, 1.82) is 0 Å². The van der Waals surface area contributed by atoms with Gasteiger partial charge < -0.3 is 11.1 Å². The topological polar surface area (TPSA) is 110 Å². The van der Waals surface area contributed by atoms with E-state index in [-0.39, 0.29) is 29.8 Å². The van der Waals surface area contributed by atoms with E-state index in [0.29, 0.717) is 11.5 Å². The molecule has 1 aromatic heterocycles. The third-order valence-corrected chi connectivity index (χ3v) is 4.84. The molecule has 3 rings (SSSR count). The van der Waals surface area contributed by atoms with Gasteiger partial charge in [0.2, 0.25) is 16.0 Å². The second kappa shape index (κ2) is 8.61. The highest BCUT2D eigenvalue weighted by Crippen LogP contribution is 2.18. The maximum absolute atomic E-state index is 12.4. The van der Waals surface area contributed by atoms with Crippen molar-refractivity contribution in [3.8, 4) is 0 Å². The average molecular weight is 392 g/mol. The molecule has 1 heterocycles. The van der Waals surface area contributed by atoms with Crippen LogP contribution in [0.5, 0.6) is 0 Å². The quantitative estimate of drug-likeness (QED) is 0.596. The normalized spacial score (nSPS) is 10.8. The predicted molar refractivity (Wildman–Crippen MR) is 104 cm³/mol. The van der Waals surface area contributed by atoms with Gasteiger partial charge in [-0.25, -0.2) is 18.1 Å². The lowest BCUT2D eigenvalue weighted by Crippen LogP contribution is -2.23. The van der Waals surface area contributed by atoms with Crippen LogP contribution in [0, 0.1) is 0 Å². The van der Waals surface area contributed by atoms with Crippen molar-refractivity contribution < 1.29 is 8.42 Å². The van der Waals surface area contributed by atoms with E-state index in [0.717, 1.165) is 5.56 Å². The molecule has 26 heavy (non-hydrogen) atoms. The maximum Gasteiger partial charge on any atom is 0.240 e. The van der Waals surface area contributed by atoms with Gasteiger partial charge in [-0.1, -0.05) is 30.3 Å². The summed E-state index contributed by atoms with van der Waals surface area (Å²) in [6.45, 7) is 0.239. The fourth-order valence-corrected chi connectivity index (χ4v) is 3.18. The van der Waals surface area contributed by atoms with E-state index in [4.69, 9.17) is 5.73 Å². The van der Waals surface area contributed by atoms with Crippen LogP contribution >= 0.6 is 12.4 Å². The van der Waals surface area contributed by atoms with E-state index in [1.807, 2.05) is 30.3 Å². The van der Waals surface area contributed by atoms with Crippen LogP contribution in [0.15, 0.2) is 71.8 Å². The van der Waals surface area contributed by atoms with Gasteiger partial charge in [-0.05, 0) is 35.9 Å². The van der Waals surface area contributed by atoms with E-state index >= 15 is 0 Å². The van der Waals surface area contributed by atoms with E-state index in [9.17, 15) is 8.42 Å². The largest absolute Gasteiger partial charge is 0.368 e. The molecule has 7 nitrogen and oxygen atoms in total. The number of nitrogens with one attached hydrogen (secondary N) is 2. The number of aromatic nitrogens is 2. The molecule has 0 bridgehead atoms. The molecule has 0 atom stereocenters. The van der Waals surface area contributed by atoms with Crippen molar-refractivity contribution in [2.24, 2.45) is 0 Å². The lowest BCUT2D eigenvalue weighted by Gasteiger charge is -2.09. The Balaban J connectivity index is 0.00000243. The second-order valence-corrected chi connectivity index (χ2v) is 7.03. The number of anilines is 3. The van der Waals surface area contributed by atoms with E-state index in [1.54, 1.807) is 18.2 Å². The van der Waals surface area contributed by atoms with Gasteiger partial charge in [0.05, 0.1) is 4.90 Å². The third kappa shape index (κ3) is 5.16. The molecular weight excluding hydrogens is 374 g/mol. The molecule has 0 aliphatic carbocycles. The highest BCUT2D eigenvalue weighted by molar-refractivity contribution is 7.89. The maximum atomic E-state index is 12.4. The number of halogens is 1. The number of rotatable bonds is 6. The van der Waals surface area contributed by atoms with Crippen molar-refractivity contribution in [2.45, 2.75) is 11.4 Å². The number of sulfonamides is 1. The summed E-state index contributed by atoms with van der Waals surface area (Å²) in [6.07, 6.45) is 1.54. The SMILES string of the molecule is Cl.Nc1nccc(Nc2ccc(S(=O)(=O)NCc3ccccc3)cc2)n1. The molecule has 0 aliphatic heterocycles. The van der Waals surface area contributed by atoms with Gasteiger partial charge in [0, 0.05) is 18.4 Å². The van der Waals surface area contributed by atoms with Gasteiger partial charge in [0.25, 0.3) is 0 Å². The summed E-state index contributed by atoms with van der Waals surface area (Å²) in [7, 11) is -3.58. The Morgan fingerprint density at radius 1 is 0.962 bits per heavy atom. The standard InChI is InChI=1S/C17H17N5O2S.ClH/c18-17-19-11-10-16(22-17)21-14-6-8-15(9-7-14)25(23,24)20-12-13-4-2-1-3-5-13;/h1-11,20H,12H2,(H3,18,19,21,22);1H. The summed E-state index contributed by atoms with van der Waals surface area (Å²) in [6, 6.07) is 17.4. The Morgan fingerprint density at radius 3 is 2.31 bits per heavy atom. The van der Waals surface area contributed by atoms with Gasteiger partial charge in [0.15, 0.2) is 0 Å². The fourth-order valence-electron chi connectivity index (χ4n) is 2.17. The van der Waals surface area contributed by atoms with Crippen LogP contribution in [-0.4, -0.2) is 18.4 Å². The summed E-state index contributed by atoms with van der Waals surface area (Å²) < 4.78 is 27.3. The summed E-state index contributed by atoms with van der Waals surface area (Å²) in [4.78, 5) is 8.03. The van der Waals surface area contributed by atoms with Crippen LogP contribution in [0.4, 0.5) is 17.5 Å². The summed E-state index contributed by atoms with van der Waals surface area (Å²) >= 11 is 0. The lowest BCUT2D eigenvalue weighted by atomic mass is 10.2. The van der Waals surface area contributed by atoms with Gasteiger partial charge >= 0.3 is 0 Å². The molecule has 136 valence electrons. The van der Waals surface area contributed by atoms with Crippen molar-refractivity contribution in [2.75, 3.05) is 11.1 Å². The van der Waals surface area contributed by atoms with E-state index < -0.39 is 10.0 Å². The van der Waals surface area contributed by atoms with Crippen LogP contribution < -0.4 is 15.8 Å². The van der Waals surface area contributed by atoms with Crippen molar-refractivity contribution >= 4 is 39.9 Å². The van der Waals surface area contributed by atoms with Crippen LogP contribution in [0.25, 0.3) is 0 Å². The molecule has 9 heteroatoms. The second-order valence-electron chi connectivity index (χ2n) is 5.26. The minimum Gasteiger partial charge on any atom is -0.368 e. The third-order valence-electron chi connectivity index (χ3n) is 3.42. The van der Waals surface area contributed by atoms with Crippen LogP contribution in [-0.2, 0) is 16.6 Å². The summed E-state index contributed by atoms with van der Waals surface area (Å²) in [5, 5.41) is 3.03. The molecule has 2 aromatic carbocycles. The predicted octanol–water partition coefficient (Wildman–Crippen LogP) is 2.70. The summed E-state index contributed by atoms with van der Waals surface area (Å²) in [5.41, 5.74) is 7.11. The first-order chi connectivity index (χ1) is 12.0. The van der Waals surface area contributed by atoms with E-state index in [2.05, 4.69) is 20.0 Å². The van der Waals surface area contributed by atoms with Gasteiger partial charge in [-0.15, -0.1) is 12.4 Å². The highest BCUT2D eigenvalue weighted by Gasteiger charge is 2.13. The zero-order valence-electron chi connectivity index (χ0n) is 13.7. The number of benzene rings is 2. The lowest BCUT2D eigenvalue weighted by molar-refractivity contribution is 0.581. The minimum absolute atomic E-state index is 0.